The fraction of sp³-hybridized carbons (Fsp3) is 0.333. The van der Waals surface area contributed by atoms with E-state index in [2.05, 4.69) is 21.8 Å². The number of hydrogen-bond donors (Lipinski definition) is 1. The highest BCUT2D eigenvalue weighted by Gasteiger charge is 2.25. The van der Waals surface area contributed by atoms with Crippen LogP contribution >= 0.6 is 12.4 Å². The summed E-state index contributed by atoms with van der Waals surface area (Å²) in [4.78, 5) is 1.89. The molecule has 0 bridgehead atoms. The summed E-state index contributed by atoms with van der Waals surface area (Å²) in [7, 11) is -3.93. The van der Waals surface area contributed by atoms with Crippen LogP contribution in [0.2, 0.25) is 0 Å². The number of likely N-dealkylation sites (tertiary alicyclic amines) is 1. The van der Waals surface area contributed by atoms with Gasteiger partial charge in [0.2, 0.25) is 10.0 Å². The molecule has 1 N–H and O–H groups in total. The van der Waals surface area contributed by atoms with Crippen molar-refractivity contribution in [2.75, 3.05) is 13.1 Å². The summed E-state index contributed by atoms with van der Waals surface area (Å²) in [6.07, 6.45) is 1.31. The van der Waals surface area contributed by atoms with Crippen LogP contribution in [0.4, 0.5) is 8.78 Å². The number of benzene rings is 2. The smallest absolute Gasteiger partial charge is 0.241 e. The second kappa shape index (κ2) is 8.90. The molecule has 0 atom stereocenters. The van der Waals surface area contributed by atoms with Crippen LogP contribution in [-0.4, -0.2) is 32.4 Å². The zero-order valence-corrected chi connectivity index (χ0v) is 15.7. The van der Waals surface area contributed by atoms with Gasteiger partial charge in [-0.1, -0.05) is 30.3 Å². The Morgan fingerprint density at radius 1 is 1.00 bits per heavy atom. The first-order valence-electron chi connectivity index (χ1n) is 8.17. The lowest BCUT2D eigenvalue weighted by molar-refractivity contribution is 0.200. The summed E-state index contributed by atoms with van der Waals surface area (Å²) in [6, 6.07) is 12.2. The van der Waals surface area contributed by atoms with Gasteiger partial charge in [0, 0.05) is 31.7 Å². The molecule has 8 heteroatoms. The van der Waals surface area contributed by atoms with Gasteiger partial charge in [-0.05, 0) is 30.5 Å². The third kappa shape index (κ3) is 5.48. The number of hydrogen-bond acceptors (Lipinski definition) is 3. The van der Waals surface area contributed by atoms with Crippen molar-refractivity contribution >= 4 is 22.4 Å². The highest BCUT2D eigenvalue weighted by atomic mass is 35.5. The van der Waals surface area contributed by atoms with Crippen LogP contribution in [0.1, 0.15) is 18.4 Å². The van der Waals surface area contributed by atoms with Crippen LogP contribution in [0, 0.1) is 11.6 Å². The van der Waals surface area contributed by atoms with Gasteiger partial charge in [-0.15, -0.1) is 12.4 Å². The van der Waals surface area contributed by atoms with Crippen LogP contribution in [-0.2, 0) is 16.6 Å². The molecule has 1 fully saturated rings. The molecule has 4 nitrogen and oxygen atoms in total. The third-order valence-electron chi connectivity index (χ3n) is 4.30. The molecule has 0 radical (unpaired) electrons. The summed E-state index contributed by atoms with van der Waals surface area (Å²) < 4.78 is 53.7. The van der Waals surface area contributed by atoms with Crippen LogP contribution in [0.25, 0.3) is 0 Å². The van der Waals surface area contributed by atoms with E-state index in [1.807, 2.05) is 18.2 Å². The van der Waals surface area contributed by atoms with Crippen molar-refractivity contribution in [2.24, 2.45) is 0 Å². The Labute approximate surface area is 158 Å². The Balaban J connectivity index is 0.00000243. The Kier molecular flexibility index (Phi) is 7.11. The minimum atomic E-state index is -3.93. The van der Waals surface area contributed by atoms with Crippen molar-refractivity contribution in [1.82, 2.24) is 9.62 Å². The average Bonchev–Trinajstić information content (AvgIpc) is 2.56. The monoisotopic (exact) mass is 402 g/mol. The minimum absolute atomic E-state index is 0. The lowest BCUT2D eigenvalue weighted by atomic mass is 10.1. The van der Waals surface area contributed by atoms with Crippen LogP contribution in [0.15, 0.2) is 53.4 Å². The SMILES string of the molecule is Cl.O=S(=O)(NC1CCN(Cc2ccccc2)CC1)c1cc(F)cc(F)c1. The topological polar surface area (TPSA) is 49.4 Å². The van der Waals surface area contributed by atoms with Gasteiger partial charge in [0.25, 0.3) is 0 Å². The van der Waals surface area contributed by atoms with E-state index in [0.717, 1.165) is 31.8 Å². The molecule has 3 rings (SSSR count). The summed E-state index contributed by atoms with van der Waals surface area (Å²) in [5.41, 5.74) is 1.22. The molecule has 0 amide bonds. The van der Waals surface area contributed by atoms with Gasteiger partial charge in [0.05, 0.1) is 4.90 Å². The van der Waals surface area contributed by atoms with Gasteiger partial charge in [-0.2, -0.15) is 0 Å². The first-order valence-corrected chi connectivity index (χ1v) is 9.65. The Morgan fingerprint density at radius 2 is 1.58 bits per heavy atom. The van der Waals surface area contributed by atoms with Crippen molar-refractivity contribution in [3.05, 3.63) is 65.7 Å². The van der Waals surface area contributed by atoms with E-state index in [9.17, 15) is 17.2 Å². The van der Waals surface area contributed by atoms with Gasteiger partial charge in [-0.25, -0.2) is 21.9 Å². The van der Waals surface area contributed by atoms with E-state index in [4.69, 9.17) is 0 Å². The third-order valence-corrected chi connectivity index (χ3v) is 5.80. The molecular formula is C18H21ClF2N2O2S. The van der Waals surface area contributed by atoms with E-state index < -0.39 is 21.7 Å². The highest BCUT2D eigenvalue weighted by molar-refractivity contribution is 7.89. The summed E-state index contributed by atoms with van der Waals surface area (Å²) in [5, 5.41) is 0. The van der Waals surface area contributed by atoms with Crippen molar-refractivity contribution in [2.45, 2.75) is 30.3 Å². The van der Waals surface area contributed by atoms with E-state index >= 15 is 0 Å². The minimum Gasteiger partial charge on any atom is -0.299 e. The van der Waals surface area contributed by atoms with Crippen LogP contribution in [0.5, 0.6) is 0 Å². The van der Waals surface area contributed by atoms with E-state index in [1.165, 1.54) is 5.56 Å². The molecule has 0 aliphatic carbocycles. The number of nitrogens with one attached hydrogen (secondary N) is 1. The molecule has 0 spiro atoms. The summed E-state index contributed by atoms with van der Waals surface area (Å²) in [5.74, 6) is -1.81. The molecule has 142 valence electrons. The molecule has 2 aromatic carbocycles. The van der Waals surface area contributed by atoms with E-state index in [1.54, 1.807) is 0 Å². The molecule has 2 aromatic rings. The first kappa shape index (κ1) is 20.8. The van der Waals surface area contributed by atoms with E-state index in [-0.39, 0.29) is 23.3 Å². The summed E-state index contributed by atoms with van der Waals surface area (Å²) >= 11 is 0. The fourth-order valence-electron chi connectivity index (χ4n) is 3.02. The highest BCUT2D eigenvalue weighted by Crippen LogP contribution is 2.18. The molecule has 0 unspecified atom stereocenters. The van der Waals surface area contributed by atoms with Gasteiger partial charge < -0.3 is 0 Å². The molecular weight excluding hydrogens is 382 g/mol. The molecule has 0 saturated carbocycles. The number of halogens is 3. The van der Waals surface area contributed by atoms with Gasteiger partial charge in [0.15, 0.2) is 0 Å². The zero-order chi connectivity index (χ0) is 17.9. The van der Waals surface area contributed by atoms with Gasteiger partial charge in [0.1, 0.15) is 11.6 Å². The molecule has 1 aliphatic rings. The second-order valence-electron chi connectivity index (χ2n) is 6.26. The normalized spacial score (nSPS) is 16.2. The molecule has 1 saturated heterocycles. The predicted molar refractivity (Wildman–Crippen MR) is 98.7 cm³/mol. The Bertz CT molecular complexity index is 806. The van der Waals surface area contributed by atoms with Crippen molar-refractivity contribution in [3.63, 3.8) is 0 Å². The quantitative estimate of drug-likeness (QED) is 0.834. The maximum Gasteiger partial charge on any atom is 0.241 e. The molecule has 0 aromatic heterocycles. The number of piperidine rings is 1. The predicted octanol–water partition coefficient (Wildman–Crippen LogP) is 3.33. The lowest BCUT2D eigenvalue weighted by Gasteiger charge is -2.32. The van der Waals surface area contributed by atoms with Gasteiger partial charge in [-0.3, -0.25) is 4.90 Å². The van der Waals surface area contributed by atoms with E-state index in [0.29, 0.717) is 18.9 Å². The summed E-state index contributed by atoms with van der Waals surface area (Å²) in [6.45, 7) is 2.36. The Hall–Kier alpha value is -1.54. The Morgan fingerprint density at radius 3 is 2.15 bits per heavy atom. The number of sulfonamides is 1. The largest absolute Gasteiger partial charge is 0.299 e. The van der Waals surface area contributed by atoms with Crippen molar-refractivity contribution in [3.8, 4) is 0 Å². The number of rotatable bonds is 5. The zero-order valence-electron chi connectivity index (χ0n) is 14.1. The lowest BCUT2D eigenvalue weighted by Crippen LogP contribution is -2.44. The first-order chi connectivity index (χ1) is 11.9. The van der Waals surface area contributed by atoms with Crippen molar-refractivity contribution < 1.29 is 17.2 Å². The standard InChI is InChI=1S/C18H20F2N2O2S.ClH/c19-15-10-16(20)12-18(11-15)25(23,24)21-17-6-8-22(9-7-17)13-14-4-2-1-3-5-14;/h1-5,10-12,17,21H,6-9,13H2;1H. The van der Waals surface area contributed by atoms with Gasteiger partial charge >= 0.3 is 0 Å². The molecule has 1 aliphatic heterocycles. The van der Waals surface area contributed by atoms with Crippen molar-refractivity contribution in [1.29, 1.82) is 0 Å². The second-order valence-corrected chi connectivity index (χ2v) is 7.98. The maximum atomic E-state index is 13.3. The van der Waals surface area contributed by atoms with Crippen LogP contribution < -0.4 is 4.72 Å². The maximum absolute atomic E-state index is 13.3. The number of nitrogens with zero attached hydrogens (tertiary/aromatic N) is 1. The fourth-order valence-corrected chi connectivity index (χ4v) is 4.37. The van der Waals surface area contributed by atoms with Crippen LogP contribution in [0.3, 0.4) is 0 Å². The average molecular weight is 403 g/mol. The molecule has 26 heavy (non-hydrogen) atoms. The molecule has 1 heterocycles.